The lowest BCUT2D eigenvalue weighted by Gasteiger charge is -2.20. The van der Waals surface area contributed by atoms with E-state index in [-0.39, 0.29) is 12.7 Å². The molecule has 12 nitrogen and oxygen atoms in total. The van der Waals surface area contributed by atoms with Gasteiger partial charge < -0.3 is 29.0 Å². The van der Waals surface area contributed by atoms with E-state index in [0.29, 0.717) is 6.42 Å². The van der Waals surface area contributed by atoms with E-state index in [2.05, 4.69) is 19.7 Å². The Kier molecular flexibility index (Phi) is 7.96. The van der Waals surface area contributed by atoms with E-state index in [1.807, 2.05) is 0 Å². The first-order valence-corrected chi connectivity index (χ1v) is 11.0. The summed E-state index contributed by atoms with van der Waals surface area (Å²) in [6.45, 7) is 4.91. The standard InChI is InChI=1S/C9H19O12P3/c1-3-4-17-8-5-7(2)19-9(8)6-18-23(13,14)21-24(15,16)20-22(10,11)12/h3,7-9H,1,4-6H2,2H3,(H,13,14)(H,15,16)(H2,10,11,12)/t7-,8?,9+/m0/s1. The van der Waals surface area contributed by atoms with Crippen molar-refractivity contribution in [2.45, 2.75) is 31.7 Å². The van der Waals surface area contributed by atoms with Gasteiger partial charge in [0.15, 0.2) is 0 Å². The van der Waals surface area contributed by atoms with Crippen molar-refractivity contribution in [1.82, 2.24) is 0 Å². The molecule has 0 aromatic heterocycles. The molecule has 0 aliphatic carbocycles. The molecule has 4 N–H and O–H groups in total. The van der Waals surface area contributed by atoms with Crippen LogP contribution in [-0.2, 0) is 36.3 Å². The van der Waals surface area contributed by atoms with Crippen LogP contribution in [0.3, 0.4) is 0 Å². The first-order chi connectivity index (χ1) is 10.8. The predicted molar refractivity (Wildman–Crippen MR) is 78.7 cm³/mol. The second-order valence-corrected chi connectivity index (χ2v) is 9.19. The number of hydrogen-bond donors (Lipinski definition) is 4. The molecule has 0 saturated carbocycles. The van der Waals surface area contributed by atoms with Gasteiger partial charge in [-0.2, -0.15) is 8.62 Å². The van der Waals surface area contributed by atoms with Gasteiger partial charge in [-0.3, -0.25) is 4.52 Å². The molecule has 0 aromatic carbocycles. The zero-order chi connectivity index (χ0) is 18.6. The van der Waals surface area contributed by atoms with Crippen molar-refractivity contribution in [3.8, 4) is 0 Å². The van der Waals surface area contributed by atoms with Crippen LogP contribution >= 0.6 is 23.5 Å². The normalized spacial score (nSPS) is 29.8. The van der Waals surface area contributed by atoms with E-state index in [9.17, 15) is 18.6 Å². The van der Waals surface area contributed by atoms with Crippen LogP contribution in [0.2, 0.25) is 0 Å². The van der Waals surface area contributed by atoms with Crippen LogP contribution in [0.1, 0.15) is 13.3 Å². The monoisotopic (exact) mass is 412 g/mol. The van der Waals surface area contributed by atoms with Gasteiger partial charge in [-0.1, -0.05) is 6.08 Å². The summed E-state index contributed by atoms with van der Waals surface area (Å²) in [5, 5.41) is 0. The highest BCUT2D eigenvalue weighted by atomic mass is 31.3. The van der Waals surface area contributed by atoms with Crippen molar-refractivity contribution in [2.24, 2.45) is 0 Å². The second kappa shape index (κ2) is 8.64. The maximum atomic E-state index is 11.6. The van der Waals surface area contributed by atoms with Crippen molar-refractivity contribution < 1.29 is 55.9 Å². The van der Waals surface area contributed by atoms with Gasteiger partial charge in [0.1, 0.15) is 6.10 Å². The third kappa shape index (κ3) is 8.44. The summed E-state index contributed by atoms with van der Waals surface area (Å²) in [4.78, 5) is 35.2. The quantitative estimate of drug-likeness (QED) is 0.297. The van der Waals surface area contributed by atoms with Crippen LogP contribution in [0.4, 0.5) is 0 Å². The maximum absolute atomic E-state index is 11.6. The van der Waals surface area contributed by atoms with Crippen LogP contribution in [0.15, 0.2) is 12.7 Å². The molecule has 3 unspecified atom stereocenters. The summed E-state index contributed by atoms with van der Waals surface area (Å²) in [5.41, 5.74) is 0. The molecule has 1 saturated heterocycles. The lowest BCUT2D eigenvalue weighted by atomic mass is 10.1. The molecule has 15 heteroatoms. The van der Waals surface area contributed by atoms with Gasteiger partial charge in [-0.25, -0.2) is 13.7 Å². The van der Waals surface area contributed by atoms with E-state index in [1.165, 1.54) is 6.08 Å². The Hall–Kier alpha value is 0.0700. The first kappa shape index (κ1) is 22.1. The zero-order valence-corrected chi connectivity index (χ0v) is 15.2. The molecule has 0 radical (unpaired) electrons. The molecular weight excluding hydrogens is 393 g/mol. The summed E-state index contributed by atoms with van der Waals surface area (Å²) in [6.07, 6.45) is 0.546. The summed E-state index contributed by atoms with van der Waals surface area (Å²) in [7, 11) is -16.1. The molecule has 1 rings (SSSR count). The number of phosphoric ester groups is 1. The molecule has 1 aliphatic heterocycles. The number of rotatable bonds is 10. The minimum Gasteiger partial charge on any atom is -0.371 e. The Labute approximate surface area is 137 Å². The topological polar surface area (TPSA) is 178 Å². The Morgan fingerprint density at radius 3 is 2.33 bits per heavy atom. The lowest BCUT2D eigenvalue weighted by molar-refractivity contribution is -0.0370. The van der Waals surface area contributed by atoms with Crippen LogP contribution in [0.5, 0.6) is 0 Å². The van der Waals surface area contributed by atoms with E-state index < -0.39 is 42.3 Å². The summed E-state index contributed by atoms with van der Waals surface area (Å²) >= 11 is 0. The molecule has 1 aliphatic rings. The van der Waals surface area contributed by atoms with Crippen molar-refractivity contribution in [3.63, 3.8) is 0 Å². The largest absolute Gasteiger partial charge is 0.490 e. The highest BCUT2D eigenvalue weighted by molar-refractivity contribution is 7.66. The van der Waals surface area contributed by atoms with E-state index in [1.54, 1.807) is 6.92 Å². The average molecular weight is 412 g/mol. The number of hydrogen-bond acceptors (Lipinski definition) is 8. The van der Waals surface area contributed by atoms with Gasteiger partial charge in [0, 0.05) is 6.42 Å². The SMILES string of the molecule is C=CCOC1C[C@H](C)O[C@@H]1COP(=O)(O)OP(=O)(O)OP(=O)(O)O. The molecule has 0 amide bonds. The third-order valence-electron chi connectivity index (χ3n) is 2.63. The van der Waals surface area contributed by atoms with E-state index in [0.717, 1.165) is 0 Å². The number of ether oxygens (including phenoxy) is 2. The average Bonchev–Trinajstić information content (AvgIpc) is 2.70. The molecule has 24 heavy (non-hydrogen) atoms. The summed E-state index contributed by atoms with van der Waals surface area (Å²) < 4.78 is 55.8. The summed E-state index contributed by atoms with van der Waals surface area (Å²) in [5.74, 6) is 0. The molecule has 5 atom stereocenters. The molecule has 0 spiro atoms. The van der Waals surface area contributed by atoms with Crippen molar-refractivity contribution in [3.05, 3.63) is 12.7 Å². The second-order valence-electron chi connectivity index (χ2n) is 4.77. The fraction of sp³-hybridized carbons (Fsp3) is 0.778. The Morgan fingerprint density at radius 1 is 1.17 bits per heavy atom. The maximum Gasteiger partial charge on any atom is 0.490 e. The van der Waals surface area contributed by atoms with Gasteiger partial charge in [0.25, 0.3) is 0 Å². The molecule has 0 aromatic rings. The zero-order valence-electron chi connectivity index (χ0n) is 12.5. The fourth-order valence-electron chi connectivity index (χ4n) is 1.91. The molecule has 0 bridgehead atoms. The van der Waals surface area contributed by atoms with Gasteiger partial charge in [-0.15, -0.1) is 6.58 Å². The van der Waals surface area contributed by atoms with Crippen LogP contribution in [-0.4, -0.2) is 51.1 Å². The fourth-order valence-corrected chi connectivity index (χ4v) is 4.93. The summed E-state index contributed by atoms with van der Waals surface area (Å²) in [6, 6.07) is 0. The minimum atomic E-state index is -5.53. The lowest BCUT2D eigenvalue weighted by Crippen LogP contribution is -2.29. The van der Waals surface area contributed by atoms with Crippen molar-refractivity contribution in [1.29, 1.82) is 0 Å². The highest BCUT2D eigenvalue weighted by Crippen LogP contribution is 2.66. The third-order valence-corrected chi connectivity index (χ3v) is 6.43. The molecular formula is C9H19O12P3. The van der Waals surface area contributed by atoms with Gasteiger partial charge >= 0.3 is 23.5 Å². The molecule has 1 fully saturated rings. The van der Waals surface area contributed by atoms with Crippen LogP contribution < -0.4 is 0 Å². The van der Waals surface area contributed by atoms with Crippen molar-refractivity contribution in [2.75, 3.05) is 13.2 Å². The highest BCUT2D eigenvalue weighted by Gasteiger charge is 2.42. The first-order valence-electron chi connectivity index (χ1n) is 6.50. The van der Waals surface area contributed by atoms with Gasteiger partial charge in [0.2, 0.25) is 0 Å². The Bertz CT molecular complexity index is 572. The molecule has 1 heterocycles. The van der Waals surface area contributed by atoms with E-state index in [4.69, 9.17) is 24.2 Å². The van der Waals surface area contributed by atoms with Crippen LogP contribution in [0.25, 0.3) is 0 Å². The minimum absolute atomic E-state index is 0.214. The van der Waals surface area contributed by atoms with E-state index >= 15 is 0 Å². The van der Waals surface area contributed by atoms with Gasteiger partial charge in [0.05, 0.1) is 25.4 Å². The van der Waals surface area contributed by atoms with Crippen molar-refractivity contribution >= 4 is 23.5 Å². The van der Waals surface area contributed by atoms with Crippen LogP contribution in [0, 0.1) is 0 Å². The smallest absolute Gasteiger partial charge is 0.371 e. The predicted octanol–water partition coefficient (Wildman–Crippen LogP) is 1.08. The Balaban J connectivity index is 2.60. The number of phosphoric acid groups is 3. The molecule has 142 valence electrons. The van der Waals surface area contributed by atoms with Gasteiger partial charge in [-0.05, 0) is 6.92 Å². The Morgan fingerprint density at radius 2 is 1.79 bits per heavy atom.